The highest BCUT2D eigenvalue weighted by Gasteiger charge is 2.41. The van der Waals surface area contributed by atoms with Crippen LogP contribution < -0.4 is 5.73 Å². The molecule has 0 bridgehead atoms. The van der Waals surface area contributed by atoms with Crippen LogP contribution in [0.25, 0.3) is 0 Å². The molecule has 78 valence electrons. The highest BCUT2D eigenvalue weighted by atomic mass is 17.0. The van der Waals surface area contributed by atoms with E-state index in [9.17, 15) is 14.4 Å². The molecule has 0 saturated carbocycles. The first-order valence-corrected chi connectivity index (χ1v) is 3.33. The summed E-state index contributed by atoms with van der Waals surface area (Å²) in [4.78, 5) is 40.0. The molecular formula is C5H6N2O7. The molecule has 9 heteroatoms. The van der Waals surface area contributed by atoms with Crippen LogP contribution in [0.3, 0.4) is 0 Å². The Bertz CT molecular complexity index is 268. The number of primary amides is 1. The lowest BCUT2D eigenvalue weighted by atomic mass is 10.2. The zero-order valence-corrected chi connectivity index (χ0v) is 6.61. The molecule has 2 unspecified atom stereocenters. The number of nitrogens with two attached hydrogens (primary N) is 1. The van der Waals surface area contributed by atoms with Gasteiger partial charge < -0.3 is 15.9 Å². The second kappa shape index (κ2) is 3.47. The molecule has 0 radical (unpaired) electrons. The minimum absolute atomic E-state index is 0.232. The third kappa shape index (κ3) is 1.72. The largest absolute Gasteiger partial charge is 0.386 e. The maximum Gasteiger partial charge on any atom is 0.386 e. The first kappa shape index (κ1) is 10.2. The van der Waals surface area contributed by atoms with Gasteiger partial charge in [0.15, 0.2) is 12.2 Å². The summed E-state index contributed by atoms with van der Waals surface area (Å²) >= 11 is 0. The summed E-state index contributed by atoms with van der Waals surface area (Å²) in [6, 6.07) is -1.38. The van der Waals surface area contributed by atoms with Crippen molar-refractivity contribution >= 4 is 18.0 Å². The average molecular weight is 206 g/mol. The lowest BCUT2D eigenvalue weighted by Crippen LogP contribution is -2.38. The molecule has 1 aliphatic heterocycles. The average Bonchev–Trinajstić information content (AvgIpc) is 2.20. The first-order chi connectivity index (χ1) is 6.43. The molecule has 0 aromatic heterocycles. The van der Waals surface area contributed by atoms with Crippen LogP contribution >= 0.6 is 0 Å². The molecule has 1 heterocycles. The number of nitrogens with zero attached hydrogens (tertiary/aromatic N) is 1. The van der Waals surface area contributed by atoms with Crippen LogP contribution in [-0.4, -0.2) is 45.6 Å². The number of aliphatic hydroxyl groups excluding tert-OH is 2. The standard InChI is InChI=1S/C5H6N2O7/c6-5(12)7-13-3(10)1(8)2(9)4(11)14-7/h1-2,8-9H,(H2,6,12). The van der Waals surface area contributed by atoms with Gasteiger partial charge in [-0.1, -0.05) is 0 Å². The van der Waals surface area contributed by atoms with Gasteiger partial charge in [0, 0.05) is 5.23 Å². The molecule has 9 nitrogen and oxygen atoms in total. The third-order valence-electron chi connectivity index (χ3n) is 1.31. The summed E-state index contributed by atoms with van der Waals surface area (Å²) < 4.78 is 0. The van der Waals surface area contributed by atoms with Crippen molar-refractivity contribution < 1.29 is 34.3 Å². The molecule has 2 amide bonds. The second-order valence-corrected chi connectivity index (χ2v) is 2.31. The highest BCUT2D eigenvalue weighted by Crippen LogP contribution is 2.08. The van der Waals surface area contributed by atoms with E-state index in [0.717, 1.165) is 0 Å². The Morgan fingerprint density at radius 1 is 1.21 bits per heavy atom. The third-order valence-corrected chi connectivity index (χ3v) is 1.31. The number of hydrogen-bond acceptors (Lipinski definition) is 7. The van der Waals surface area contributed by atoms with Gasteiger partial charge >= 0.3 is 18.0 Å². The van der Waals surface area contributed by atoms with Crippen molar-refractivity contribution in [1.82, 2.24) is 5.23 Å². The van der Waals surface area contributed by atoms with Crippen LogP contribution in [0, 0.1) is 0 Å². The SMILES string of the molecule is NC(=O)N1OC(=O)C(O)C(O)C(=O)O1. The molecule has 4 N–H and O–H groups in total. The number of hydrogen-bond donors (Lipinski definition) is 3. The van der Waals surface area contributed by atoms with Crippen molar-refractivity contribution in [2.45, 2.75) is 12.2 Å². The number of carbonyl (C=O) groups excluding carboxylic acids is 3. The molecule has 0 aromatic rings. The number of amides is 2. The van der Waals surface area contributed by atoms with Crippen molar-refractivity contribution in [2.24, 2.45) is 5.73 Å². The Kier molecular flexibility index (Phi) is 2.53. The smallest absolute Gasteiger partial charge is 0.379 e. The minimum Gasteiger partial charge on any atom is -0.379 e. The van der Waals surface area contributed by atoms with E-state index in [1.165, 1.54) is 0 Å². The first-order valence-electron chi connectivity index (χ1n) is 3.33. The minimum atomic E-state index is -2.12. The maximum absolute atomic E-state index is 10.8. The van der Waals surface area contributed by atoms with Crippen molar-refractivity contribution in [1.29, 1.82) is 0 Å². The van der Waals surface area contributed by atoms with E-state index in [-0.39, 0.29) is 5.23 Å². The van der Waals surface area contributed by atoms with Crippen LogP contribution in [0.5, 0.6) is 0 Å². The zero-order chi connectivity index (χ0) is 10.9. The molecule has 0 aliphatic carbocycles. The highest BCUT2D eigenvalue weighted by molar-refractivity contribution is 5.88. The molecule has 0 spiro atoms. The summed E-state index contributed by atoms with van der Waals surface area (Å²) in [5.74, 6) is -2.86. The van der Waals surface area contributed by atoms with Crippen LogP contribution in [0.4, 0.5) is 4.79 Å². The summed E-state index contributed by atoms with van der Waals surface area (Å²) in [6.07, 6.45) is -4.24. The van der Waals surface area contributed by atoms with E-state index >= 15 is 0 Å². The fraction of sp³-hybridized carbons (Fsp3) is 0.400. The maximum atomic E-state index is 10.8. The van der Waals surface area contributed by atoms with Gasteiger partial charge in [-0.15, -0.1) is 0 Å². The number of aliphatic hydroxyl groups is 2. The summed E-state index contributed by atoms with van der Waals surface area (Å²) in [5.41, 5.74) is 4.62. The Hall–Kier alpha value is -1.87. The Labute approximate surface area is 76.5 Å². The van der Waals surface area contributed by atoms with E-state index in [1.54, 1.807) is 0 Å². The predicted molar refractivity (Wildman–Crippen MR) is 35.6 cm³/mol. The second-order valence-electron chi connectivity index (χ2n) is 2.31. The number of rotatable bonds is 0. The van der Waals surface area contributed by atoms with Crippen LogP contribution in [0.1, 0.15) is 0 Å². The van der Waals surface area contributed by atoms with E-state index in [4.69, 9.17) is 10.2 Å². The quantitative estimate of drug-likeness (QED) is 0.384. The molecule has 1 fully saturated rings. The van der Waals surface area contributed by atoms with Gasteiger partial charge in [-0.05, 0) is 0 Å². The zero-order valence-electron chi connectivity index (χ0n) is 6.61. The molecule has 1 saturated heterocycles. The number of urea groups is 1. The molecule has 1 rings (SSSR count). The van der Waals surface area contributed by atoms with Gasteiger partial charge in [-0.25, -0.2) is 14.4 Å². The van der Waals surface area contributed by atoms with Gasteiger partial charge in [-0.2, -0.15) is 0 Å². The van der Waals surface area contributed by atoms with E-state index in [2.05, 4.69) is 15.4 Å². The van der Waals surface area contributed by atoms with Crippen molar-refractivity contribution in [2.75, 3.05) is 0 Å². The van der Waals surface area contributed by atoms with Crippen LogP contribution in [-0.2, 0) is 19.3 Å². The van der Waals surface area contributed by atoms with E-state index < -0.39 is 30.2 Å². The molecule has 2 atom stereocenters. The van der Waals surface area contributed by atoms with E-state index in [1.807, 2.05) is 0 Å². The molecule has 14 heavy (non-hydrogen) atoms. The number of hydroxylamine groups is 2. The van der Waals surface area contributed by atoms with Gasteiger partial charge in [0.05, 0.1) is 0 Å². The fourth-order valence-corrected chi connectivity index (χ4v) is 0.638. The lowest BCUT2D eigenvalue weighted by Gasteiger charge is -2.12. The fourth-order valence-electron chi connectivity index (χ4n) is 0.638. The normalized spacial score (nSPS) is 27.7. The Morgan fingerprint density at radius 2 is 1.57 bits per heavy atom. The van der Waals surface area contributed by atoms with Crippen LogP contribution in [0.2, 0.25) is 0 Å². The monoisotopic (exact) mass is 206 g/mol. The predicted octanol–water partition coefficient (Wildman–Crippen LogP) is -2.98. The van der Waals surface area contributed by atoms with Crippen molar-refractivity contribution in [3.63, 3.8) is 0 Å². The molecular weight excluding hydrogens is 200 g/mol. The molecule has 1 aliphatic rings. The van der Waals surface area contributed by atoms with Gasteiger partial charge in [0.1, 0.15) is 0 Å². The number of carbonyl (C=O) groups is 3. The topological polar surface area (TPSA) is 139 Å². The lowest BCUT2D eigenvalue weighted by molar-refractivity contribution is -0.285. The Balaban J connectivity index is 2.88. The van der Waals surface area contributed by atoms with Gasteiger partial charge in [0.25, 0.3) is 0 Å². The van der Waals surface area contributed by atoms with Gasteiger partial charge in [-0.3, -0.25) is 9.68 Å². The summed E-state index contributed by atoms with van der Waals surface area (Å²) in [5, 5.41) is 17.6. The summed E-state index contributed by atoms with van der Waals surface area (Å²) in [7, 11) is 0. The molecule has 0 aromatic carbocycles. The van der Waals surface area contributed by atoms with Crippen molar-refractivity contribution in [3.05, 3.63) is 0 Å². The van der Waals surface area contributed by atoms with Crippen LogP contribution in [0.15, 0.2) is 0 Å². The van der Waals surface area contributed by atoms with Crippen molar-refractivity contribution in [3.8, 4) is 0 Å². The Morgan fingerprint density at radius 3 is 1.86 bits per heavy atom. The van der Waals surface area contributed by atoms with E-state index in [0.29, 0.717) is 0 Å². The summed E-state index contributed by atoms with van der Waals surface area (Å²) in [6.45, 7) is 0. The van der Waals surface area contributed by atoms with Gasteiger partial charge in [0.2, 0.25) is 0 Å².